The van der Waals surface area contributed by atoms with Crippen molar-refractivity contribution >= 4 is 17.5 Å². The maximum atomic E-state index is 13.6. The lowest BCUT2D eigenvalue weighted by Crippen LogP contribution is -2.40. The summed E-state index contributed by atoms with van der Waals surface area (Å²) in [5, 5.41) is 2.52. The number of anilines is 1. The molecule has 5 nitrogen and oxygen atoms in total. The second-order valence-electron chi connectivity index (χ2n) is 4.75. The third kappa shape index (κ3) is 3.51. The maximum absolute atomic E-state index is 13.6. The highest BCUT2D eigenvalue weighted by molar-refractivity contribution is 5.98. The number of amides is 2. The van der Waals surface area contributed by atoms with Crippen molar-refractivity contribution in [2.45, 2.75) is 26.8 Å². The molecule has 0 fully saturated rings. The molecule has 0 saturated carbocycles. The number of nitrogens with one attached hydrogen (secondary N) is 1. The molecule has 1 aromatic rings. The molecule has 2 amide bonds. The first-order valence-corrected chi connectivity index (χ1v) is 5.90. The van der Waals surface area contributed by atoms with E-state index in [4.69, 9.17) is 11.5 Å². The van der Waals surface area contributed by atoms with E-state index in [0.29, 0.717) is 0 Å². The lowest BCUT2D eigenvalue weighted by atomic mass is 10.0. The van der Waals surface area contributed by atoms with Crippen molar-refractivity contribution in [2.24, 2.45) is 17.4 Å². The third-order valence-corrected chi connectivity index (χ3v) is 2.91. The smallest absolute Gasteiger partial charge is 0.248 e. The van der Waals surface area contributed by atoms with Crippen LogP contribution in [0, 0.1) is 18.7 Å². The van der Waals surface area contributed by atoms with Crippen LogP contribution in [0.15, 0.2) is 12.1 Å². The van der Waals surface area contributed by atoms with Gasteiger partial charge in [-0.05, 0) is 25.0 Å². The molecular formula is C13H18FN3O2. The molecule has 1 atom stereocenters. The van der Waals surface area contributed by atoms with E-state index in [2.05, 4.69) is 5.32 Å². The van der Waals surface area contributed by atoms with E-state index in [9.17, 15) is 14.0 Å². The van der Waals surface area contributed by atoms with Crippen molar-refractivity contribution in [1.82, 2.24) is 0 Å². The Labute approximate surface area is 111 Å². The van der Waals surface area contributed by atoms with Gasteiger partial charge >= 0.3 is 0 Å². The van der Waals surface area contributed by atoms with Gasteiger partial charge in [0.2, 0.25) is 11.8 Å². The number of halogens is 1. The minimum Gasteiger partial charge on any atom is -0.366 e. The van der Waals surface area contributed by atoms with Crippen molar-refractivity contribution in [3.63, 3.8) is 0 Å². The zero-order valence-electron chi connectivity index (χ0n) is 11.2. The van der Waals surface area contributed by atoms with E-state index >= 15 is 0 Å². The van der Waals surface area contributed by atoms with Gasteiger partial charge in [-0.25, -0.2) is 4.39 Å². The molecule has 0 aliphatic carbocycles. The standard InChI is InChI=1S/C13H18FN3O2/c1-6(2)11(15)13(19)17-10-5-8(12(16)18)4-9(14)7(10)3/h4-6,11H,15H2,1-3H3,(H2,16,18)(H,17,19)/t11-/m1/s1. The normalized spacial score (nSPS) is 12.3. The van der Waals surface area contributed by atoms with E-state index < -0.39 is 23.7 Å². The Bertz CT molecular complexity index is 515. The van der Waals surface area contributed by atoms with Gasteiger partial charge in [-0.1, -0.05) is 13.8 Å². The molecule has 5 N–H and O–H groups in total. The zero-order valence-corrected chi connectivity index (χ0v) is 11.2. The summed E-state index contributed by atoms with van der Waals surface area (Å²) >= 11 is 0. The molecule has 0 aliphatic heterocycles. The summed E-state index contributed by atoms with van der Waals surface area (Å²) < 4.78 is 13.6. The Morgan fingerprint density at radius 3 is 2.37 bits per heavy atom. The first-order valence-electron chi connectivity index (χ1n) is 5.90. The molecule has 0 aromatic heterocycles. The monoisotopic (exact) mass is 267 g/mol. The average Bonchev–Trinajstić information content (AvgIpc) is 2.33. The fourth-order valence-corrected chi connectivity index (χ4v) is 1.47. The summed E-state index contributed by atoms with van der Waals surface area (Å²) in [7, 11) is 0. The van der Waals surface area contributed by atoms with Crippen LogP contribution in [0.25, 0.3) is 0 Å². The lowest BCUT2D eigenvalue weighted by molar-refractivity contribution is -0.118. The fraction of sp³-hybridized carbons (Fsp3) is 0.385. The number of rotatable bonds is 4. The van der Waals surface area contributed by atoms with Crippen LogP contribution in [0.5, 0.6) is 0 Å². The van der Waals surface area contributed by atoms with Gasteiger partial charge < -0.3 is 16.8 Å². The van der Waals surface area contributed by atoms with Gasteiger partial charge in [-0.3, -0.25) is 9.59 Å². The molecule has 104 valence electrons. The molecule has 0 heterocycles. The van der Waals surface area contributed by atoms with Gasteiger partial charge in [-0.2, -0.15) is 0 Å². The lowest BCUT2D eigenvalue weighted by Gasteiger charge is -2.17. The SMILES string of the molecule is Cc1c(F)cc(C(N)=O)cc1NC(=O)[C@H](N)C(C)C. The van der Waals surface area contributed by atoms with Crippen molar-refractivity contribution in [1.29, 1.82) is 0 Å². The molecule has 0 saturated heterocycles. The molecule has 0 unspecified atom stereocenters. The number of carbonyl (C=O) groups excluding carboxylic acids is 2. The first kappa shape index (κ1) is 15.1. The molecule has 19 heavy (non-hydrogen) atoms. The number of primary amides is 1. The highest BCUT2D eigenvalue weighted by Crippen LogP contribution is 2.21. The number of benzene rings is 1. The van der Waals surface area contributed by atoms with Gasteiger partial charge in [0.05, 0.1) is 6.04 Å². The van der Waals surface area contributed by atoms with E-state index in [0.717, 1.165) is 6.07 Å². The number of hydrogen-bond donors (Lipinski definition) is 3. The average molecular weight is 267 g/mol. The summed E-state index contributed by atoms with van der Waals surface area (Å²) in [6.07, 6.45) is 0. The minimum atomic E-state index is -0.762. The van der Waals surface area contributed by atoms with Crippen molar-refractivity contribution in [3.05, 3.63) is 29.1 Å². The van der Waals surface area contributed by atoms with Gasteiger partial charge in [0, 0.05) is 16.8 Å². The molecule has 1 aromatic carbocycles. The molecule has 6 heteroatoms. The predicted molar refractivity (Wildman–Crippen MR) is 71.1 cm³/mol. The third-order valence-electron chi connectivity index (χ3n) is 2.91. The topological polar surface area (TPSA) is 98.2 Å². The van der Waals surface area contributed by atoms with Crippen LogP contribution in [0.2, 0.25) is 0 Å². The Kier molecular flexibility index (Phi) is 4.61. The highest BCUT2D eigenvalue weighted by Gasteiger charge is 2.19. The maximum Gasteiger partial charge on any atom is 0.248 e. The van der Waals surface area contributed by atoms with Crippen LogP contribution in [0.4, 0.5) is 10.1 Å². The van der Waals surface area contributed by atoms with Gasteiger partial charge in [-0.15, -0.1) is 0 Å². The van der Waals surface area contributed by atoms with Crippen molar-refractivity contribution in [3.8, 4) is 0 Å². The summed E-state index contributed by atoms with van der Waals surface area (Å²) in [5.41, 5.74) is 11.2. The fourth-order valence-electron chi connectivity index (χ4n) is 1.47. The highest BCUT2D eigenvalue weighted by atomic mass is 19.1. The summed E-state index contributed by atoms with van der Waals surface area (Å²) in [4.78, 5) is 22.9. The predicted octanol–water partition coefficient (Wildman–Crippen LogP) is 1.15. The minimum absolute atomic E-state index is 0.00322. The van der Waals surface area contributed by atoms with E-state index in [1.54, 1.807) is 13.8 Å². The van der Waals surface area contributed by atoms with Gasteiger partial charge in [0.15, 0.2) is 0 Å². The first-order chi connectivity index (χ1) is 8.73. The summed E-state index contributed by atoms with van der Waals surface area (Å²) in [5.74, 6) is -1.85. The van der Waals surface area contributed by atoms with E-state index in [1.165, 1.54) is 13.0 Å². The van der Waals surface area contributed by atoms with E-state index in [-0.39, 0.29) is 22.7 Å². The number of carbonyl (C=O) groups is 2. The molecule has 1 rings (SSSR count). The Hall–Kier alpha value is -1.95. The Morgan fingerprint density at radius 1 is 1.32 bits per heavy atom. The molecule has 0 aliphatic rings. The van der Waals surface area contributed by atoms with Crippen LogP contribution < -0.4 is 16.8 Å². The quantitative estimate of drug-likeness (QED) is 0.763. The van der Waals surface area contributed by atoms with Crippen LogP contribution in [0.3, 0.4) is 0 Å². The molecular weight excluding hydrogens is 249 g/mol. The summed E-state index contributed by atoms with van der Waals surface area (Å²) in [6.45, 7) is 5.10. The molecule has 0 bridgehead atoms. The molecule has 0 radical (unpaired) electrons. The van der Waals surface area contributed by atoms with Crippen LogP contribution in [-0.4, -0.2) is 17.9 Å². The van der Waals surface area contributed by atoms with Gasteiger partial charge in [0.1, 0.15) is 5.82 Å². The Balaban J connectivity index is 3.07. The zero-order chi connectivity index (χ0) is 14.7. The van der Waals surface area contributed by atoms with E-state index in [1.807, 2.05) is 0 Å². The largest absolute Gasteiger partial charge is 0.366 e. The van der Waals surface area contributed by atoms with Crippen molar-refractivity contribution < 1.29 is 14.0 Å². The number of nitrogens with two attached hydrogens (primary N) is 2. The summed E-state index contributed by atoms with van der Waals surface area (Å²) in [6, 6.07) is 1.67. The van der Waals surface area contributed by atoms with Crippen LogP contribution >= 0.6 is 0 Å². The number of hydrogen-bond acceptors (Lipinski definition) is 3. The second-order valence-corrected chi connectivity index (χ2v) is 4.75. The van der Waals surface area contributed by atoms with Crippen LogP contribution in [-0.2, 0) is 4.79 Å². The second kappa shape index (κ2) is 5.79. The Morgan fingerprint density at radius 2 is 1.89 bits per heavy atom. The molecule has 0 spiro atoms. The van der Waals surface area contributed by atoms with Crippen LogP contribution in [0.1, 0.15) is 29.8 Å². The van der Waals surface area contributed by atoms with Crippen molar-refractivity contribution in [2.75, 3.05) is 5.32 Å². The van der Waals surface area contributed by atoms with Gasteiger partial charge in [0.25, 0.3) is 0 Å².